The first-order valence-electron chi connectivity index (χ1n) is 3.43. The van der Waals surface area contributed by atoms with Crippen molar-refractivity contribution in [2.75, 3.05) is 0 Å². The van der Waals surface area contributed by atoms with Crippen LogP contribution in [0.2, 0.25) is 0 Å². The highest BCUT2D eigenvalue weighted by molar-refractivity contribution is 5.64. The van der Waals surface area contributed by atoms with Crippen molar-refractivity contribution in [2.45, 2.75) is 0 Å². The molecule has 1 heterocycles. The van der Waals surface area contributed by atoms with E-state index in [1.807, 2.05) is 0 Å². The second-order valence-corrected chi connectivity index (χ2v) is 2.33. The van der Waals surface area contributed by atoms with Gasteiger partial charge in [-0.25, -0.2) is 4.39 Å². The number of nitrogens with zero attached hydrogens (tertiary/aromatic N) is 3. The predicted molar refractivity (Wildman–Crippen MR) is 41.4 cm³/mol. The molecule has 2 rings (SSSR count). The summed E-state index contributed by atoms with van der Waals surface area (Å²) in [6, 6.07) is 6.04. The molecule has 0 aromatic heterocycles. The first-order valence-corrected chi connectivity index (χ1v) is 3.43. The van der Waals surface area contributed by atoms with Gasteiger partial charge in [0.2, 0.25) is 0 Å². The predicted octanol–water partition coefficient (Wildman–Crippen LogP) is 2.11. The number of hydrogen-bond donors (Lipinski definition) is 0. The van der Waals surface area contributed by atoms with E-state index in [4.69, 9.17) is 0 Å². The molecular formula is C8H5FN3. The molecule has 0 amide bonds. The fraction of sp³-hybridized carbons (Fsp3) is 0. The van der Waals surface area contributed by atoms with Gasteiger partial charge in [0.15, 0.2) is 0 Å². The van der Waals surface area contributed by atoms with Crippen LogP contribution in [0.25, 0.3) is 5.70 Å². The van der Waals surface area contributed by atoms with Gasteiger partial charge in [-0.2, -0.15) is 0 Å². The Kier molecular flexibility index (Phi) is 1.59. The highest BCUT2D eigenvalue weighted by atomic mass is 19.1. The maximum atomic E-state index is 12.5. The fourth-order valence-corrected chi connectivity index (χ4v) is 0.933. The number of rotatable bonds is 1. The van der Waals surface area contributed by atoms with E-state index in [9.17, 15) is 4.39 Å². The van der Waals surface area contributed by atoms with Gasteiger partial charge in [0.1, 0.15) is 11.5 Å². The van der Waals surface area contributed by atoms with Crippen molar-refractivity contribution in [2.24, 2.45) is 10.3 Å². The molecule has 0 atom stereocenters. The average Bonchev–Trinajstić information content (AvgIpc) is 2.58. The maximum absolute atomic E-state index is 12.5. The molecule has 4 heteroatoms. The Balaban J connectivity index is 2.35. The largest absolute Gasteiger partial charge is 0.207 e. The molecule has 0 saturated heterocycles. The standard InChI is InChI=1S/C8H5FN3/c9-7-3-1-6(2-4-7)8-5-10-12-11-8/h1-5H. The smallest absolute Gasteiger partial charge is 0.123 e. The molecule has 0 saturated carbocycles. The molecule has 59 valence electrons. The zero-order valence-corrected chi connectivity index (χ0v) is 6.11. The number of hydrogen-bond acceptors (Lipinski definition) is 2. The van der Waals surface area contributed by atoms with Crippen molar-refractivity contribution in [3.8, 4) is 0 Å². The fourth-order valence-electron chi connectivity index (χ4n) is 0.933. The van der Waals surface area contributed by atoms with Crippen LogP contribution >= 0.6 is 0 Å². The van der Waals surface area contributed by atoms with Gasteiger partial charge in [0.05, 0.1) is 6.20 Å². The van der Waals surface area contributed by atoms with Gasteiger partial charge in [-0.05, 0) is 29.5 Å². The van der Waals surface area contributed by atoms with Crippen molar-refractivity contribution >= 4 is 5.70 Å². The summed E-state index contributed by atoms with van der Waals surface area (Å²) in [6.45, 7) is 0. The Morgan fingerprint density at radius 1 is 1.08 bits per heavy atom. The highest BCUT2D eigenvalue weighted by Crippen LogP contribution is 2.18. The van der Waals surface area contributed by atoms with E-state index < -0.39 is 0 Å². The summed E-state index contributed by atoms with van der Waals surface area (Å²) in [6.07, 6.45) is 1.53. The van der Waals surface area contributed by atoms with Crippen molar-refractivity contribution in [1.82, 2.24) is 5.43 Å². The van der Waals surface area contributed by atoms with Crippen LogP contribution in [-0.2, 0) is 0 Å². The molecule has 1 aliphatic heterocycles. The molecule has 0 aliphatic carbocycles. The minimum absolute atomic E-state index is 0.258. The third kappa shape index (κ3) is 1.18. The first kappa shape index (κ1) is 6.97. The first-order chi connectivity index (χ1) is 5.86. The average molecular weight is 162 g/mol. The lowest BCUT2D eigenvalue weighted by atomic mass is 10.2. The van der Waals surface area contributed by atoms with Crippen LogP contribution in [0.4, 0.5) is 4.39 Å². The lowest BCUT2D eigenvalue weighted by Crippen LogP contribution is -1.80. The molecule has 12 heavy (non-hydrogen) atoms. The maximum Gasteiger partial charge on any atom is 0.123 e. The van der Waals surface area contributed by atoms with Crippen LogP contribution in [0, 0.1) is 5.82 Å². The summed E-state index contributed by atoms with van der Waals surface area (Å²) >= 11 is 0. The van der Waals surface area contributed by atoms with Crippen molar-refractivity contribution < 1.29 is 4.39 Å². The Morgan fingerprint density at radius 3 is 2.42 bits per heavy atom. The molecule has 1 aromatic carbocycles. The minimum atomic E-state index is -0.258. The molecule has 0 N–H and O–H groups in total. The van der Waals surface area contributed by atoms with E-state index in [1.54, 1.807) is 12.1 Å². The molecule has 0 bridgehead atoms. The second-order valence-electron chi connectivity index (χ2n) is 2.33. The molecule has 0 fully saturated rings. The lowest BCUT2D eigenvalue weighted by Gasteiger charge is -1.94. The van der Waals surface area contributed by atoms with E-state index in [1.165, 1.54) is 18.3 Å². The van der Waals surface area contributed by atoms with Crippen molar-refractivity contribution in [3.05, 3.63) is 41.8 Å². The SMILES string of the molecule is Fc1ccc(C2=C[N]N=N2)cc1. The monoisotopic (exact) mass is 162 g/mol. The highest BCUT2D eigenvalue weighted by Gasteiger charge is 2.04. The van der Waals surface area contributed by atoms with Crippen LogP contribution in [-0.4, -0.2) is 0 Å². The topological polar surface area (TPSA) is 38.8 Å². The minimum Gasteiger partial charge on any atom is -0.207 e. The quantitative estimate of drug-likeness (QED) is 0.606. The Hall–Kier alpha value is -1.71. The zero-order chi connectivity index (χ0) is 8.39. The van der Waals surface area contributed by atoms with Crippen molar-refractivity contribution in [3.63, 3.8) is 0 Å². The van der Waals surface area contributed by atoms with Gasteiger partial charge in [0.25, 0.3) is 0 Å². The molecule has 1 aromatic rings. The normalized spacial score (nSPS) is 14.2. The zero-order valence-electron chi connectivity index (χ0n) is 6.11. The summed E-state index contributed by atoms with van der Waals surface area (Å²) < 4.78 is 12.5. The van der Waals surface area contributed by atoms with Crippen LogP contribution in [0.1, 0.15) is 5.56 Å². The summed E-state index contributed by atoms with van der Waals surface area (Å²) in [4.78, 5) is 0. The Morgan fingerprint density at radius 2 is 1.83 bits per heavy atom. The van der Waals surface area contributed by atoms with E-state index in [0.717, 1.165) is 5.56 Å². The van der Waals surface area contributed by atoms with E-state index in [0.29, 0.717) is 5.70 Å². The lowest BCUT2D eigenvalue weighted by molar-refractivity contribution is 0.627. The molecule has 0 unspecified atom stereocenters. The van der Waals surface area contributed by atoms with Gasteiger partial charge in [-0.1, -0.05) is 0 Å². The number of halogens is 1. The van der Waals surface area contributed by atoms with Crippen LogP contribution in [0.5, 0.6) is 0 Å². The van der Waals surface area contributed by atoms with Crippen molar-refractivity contribution in [1.29, 1.82) is 0 Å². The Labute approximate surface area is 68.6 Å². The second kappa shape index (κ2) is 2.73. The molecule has 1 aliphatic rings. The van der Waals surface area contributed by atoms with Crippen LogP contribution in [0.15, 0.2) is 40.8 Å². The number of benzene rings is 1. The summed E-state index contributed by atoms with van der Waals surface area (Å²) in [5, 5.41) is 7.16. The third-order valence-electron chi connectivity index (χ3n) is 1.52. The van der Waals surface area contributed by atoms with E-state index >= 15 is 0 Å². The van der Waals surface area contributed by atoms with Gasteiger partial charge >= 0.3 is 0 Å². The van der Waals surface area contributed by atoms with Crippen LogP contribution in [0.3, 0.4) is 0 Å². The molecule has 1 radical (unpaired) electrons. The third-order valence-corrected chi connectivity index (χ3v) is 1.52. The van der Waals surface area contributed by atoms with Gasteiger partial charge < -0.3 is 0 Å². The Bertz CT molecular complexity index is 340. The summed E-state index contributed by atoms with van der Waals surface area (Å²) in [5.74, 6) is -0.258. The summed E-state index contributed by atoms with van der Waals surface area (Å²) in [7, 11) is 0. The van der Waals surface area contributed by atoms with Gasteiger partial charge in [0, 0.05) is 5.56 Å². The molecular weight excluding hydrogens is 157 g/mol. The van der Waals surface area contributed by atoms with Gasteiger partial charge in [-0.15, -0.1) is 10.5 Å². The summed E-state index contributed by atoms with van der Waals surface area (Å²) in [5.41, 5.74) is 5.05. The van der Waals surface area contributed by atoms with E-state index in [2.05, 4.69) is 15.8 Å². The van der Waals surface area contributed by atoms with Crippen LogP contribution < -0.4 is 5.43 Å². The molecule has 0 spiro atoms. The van der Waals surface area contributed by atoms with E-state index in [-0.39, 0.29) is 5.82 Å². The molecule has 3 nitrogen and oxygen atoms in total. The van der Waals surface area contributed by atoms with Gasteiger partial charge in [-0.3, -0.25) is 0 Å².